The van der Waals surface area contributed by atoms with Gasteiger partial charge in [0, 0.05) is 12.1 Å². The molecular weight excluding hydrogens is 459 g/mol. The van der Waals surface area contributed by atoms with Crippen LogP contribution in [0.5, 0.6) is 0 Å². The molecule has 8 heteroatoms. The number of rotatable bonds is 7. The number of imidazole rings is 1. The molecule has 1 N–H and O–H groups in total. The summed E-state index contributed by atoms with van der Waals surface area (Å²) < 4.78 is 0. The first-order chi connectivity index (χ1) is 14.9. The number of fused-ring (bicyclic) bond motifs is 3. The number of aromatic nitrogens is 2. The molecule has 0 aliphatic carbocycles. The quantitative estimate of drug-likeness (QED) is 0.469. The maximum Gasteiger partial charge on any atom is 0.263 e. The third kappa shape index (κ3) is 4.79. The van der Waals surface area contributed by atoms with Crippen molar-refractivity contribution in [2.75, 3.05) is 26.2 Å². The summed E-state index contributed by atoms with van der Waals surface area (Å²) in [7, 11) is 0. The molecule has 0 bridgehead atoms. The summed E-state index contributed by atoms with van der Waals surface area (Å²) in [6, 6.07) is 13.7. The second-order valence-electron chi connectivity index (χ2n) is 8.60. The fraction of sp³-hybridized carbons (Fsp3) is 0.400. The smallest absolute Gasteiger partial charge is 0.263 e. The number of carbonyl (C=O) groups is 2. The van der Waals surface area contributed by atoms with Crippen molar-refractivity contribution in [3.63, 3.8) is 0 Å². The van der Waals surface area contributed by atoms with E-state index in [1.165, 1.54) is 4.90 Å². The molecule has 1 aliphatic heterocycles. The third-order valence-electron chi connectivity index (χ3n) is 6.36. The molecule has 0 saturated carbocycles. The number of amides is 2. The maximum atomic E-state index is 13.5. The molecule has 0 radical (unpaired) electrons. The van der Waals surface area contributed by atoms with Crippen LogP contribution in [0.4, 0.5) is 0 Å². The molecule has 4 rings (SSSR count). The molecule has 2 heterocycles. The van der Waals surface area contributed by atoms with Crippen molar-refractivity contribution in [3.8, 4) is 11.4 Å². The van der Waals surface area contributed by atoms with Gasteiger partial charge in [0.1, 0.15) is 11.3 Å². The summed E-state index contributed by atoms with van der Waals surface area (Å²) in [5.74, 6) is 0.345. The summed E-state index contributed by atoms with van der Waals surface area (Å²) in [6.07, 6.45) is 0.760. The molecule has 0 spiro atoms. The zero-order valence-corrected chi connectivity index (χ0v) is 21.2. The molecular formula is C25H32Cl2N4O2. The van der Waals surface area contributed by atoms with E-state index >= 15 is 0 Å². The first-order valence-corrected chi connectivity index (χ1v) is 11.1. The molecule has 0 unspecified atom stereocenters. The first kappa shape index (κ1) is 26.8. The molecule has 33 heavy (non-hydrogen) atoms. The lowest BCUT2D eigenvalue weighted by atomic mass is 9.76. The van der Waals surface area contributed by atoms with Gasteiger partial charge in [-0.2, -0.15) is 0 Å². The van der Waals surface area contributed by atoms with Crippen LogP contribution in [0.25, 0.3) is 22.4 Å². The molecule has 178 valence electrons. The Hall–Kier alpha value is -2.41. The Morgan fingerprint density at radius 1 is 1.00 bits per heavy atom. The number of aromatic amines is 1. The Kier molecular flexibility index (Phi) is 8.69. The Morgan fingerprint density at radius 2 is 1.67 bits per heavy atom. The minimum Gasteiger partial charge on any atom is -0.338 e. The Balaban J connectivity index is 0.00000193. The number of halogens is 2. The normalized spacial score (nSPS) is 14.8. The van der Waals surface area contributed by atoms with E-state index in [4.69, 9.17) is 4.98 Å². The highest BCUT2D eigenvalue weighted by molar-refractivity contribution is 6.18. The molecule has 3 aromatic rings. The number of H-pyrrole nitrogens is 1. The highest BCUT2D eigenvalue weighted by Gasteiger charge is 2.45. The zero-order valence-electron chi connectivity index (χ0n) is 19.6. The van der Waals surface area contributed by atoms with E-state index in [2.05, 4.69) is 23.7 Å². The SMILES string of the molecule is CCN(CC)CCCN1C(=O)c2c(ccc3[nH]c(-c4ccccc4)nc23)C(C)(C)C1=O.Cl.Cl. The minimum atomic E-state index is -0.779. The molecule has 0 atom stereocenters. The highest BCUT2D eigenvalue weighted by Crippen LogP contribution is 2.38. The van der Waals surface area contributed by atoms with Crippen LogP contribution in [0.2, 0.25) is 0 Å². The van der Waals surface area contributed by atoms with Crippen LogP contribution in [0.3, 0.4) is 0 Å². The van der Waals surface area contributed by atoms with E-state index in [0.717, 1.165) is 48.5 Å². The molecule has 0 saturated heterocycles. The Labute approximate surface area is 207 Å². The van der Waals surface area contributed by atoms with Crippen LogP contribution in [0.15, 0.2) is 42.5 Å². The van der Waals surface area contributed by atoms with E-state index < -0.39 is 5.41 Å². The Bertz CT molecular complexity index is 1120. The second kappa shape index (κ2) is 10.7. The fourth-order valence-corrected chi connectivity index (χ4v) is 4.42. The topological polar surface area (TPSA) is 69.3 Å². The van der Waals surface area contributed by atoms with Gasteiger partial charge in [0.15, 0.2) is 0 Å². The highest BCUT2D eigenvalue weighted by atomic mass is 35.5. The number of nitrogens with zero attached hydrogens (tertiary/aromatic N) is 3. The lowest BCUT2D eigenvalue weighted by Crippen LogP contribution is -2.52. The molecule has 2 amide bonds. The van der Waals surface area contributed by atoms with Crippen molar-refractivity contribution in [1.82, 2.24) is 19.8 Å². The first-order valence-electron chi connectivity index (χ1n) is 11.1. The largest absolute Gasteiger partial charge is 0.338 e. The van der Waals surface area contributed by atoms with Gasteiger partial charge in [0.05, 0.1) is 16.5 Å². The number of nitrogens with one attached hydrogen (secondary N) is 1. The van der Waals surface area contributed by atoms with E-state index in [0.29, 0.717) is 17.6 Å². The van der Waals surface area contributed by atoms with Gasteiger partial charge in [-0.05, 0) is 51.5 Å². The van der Waals surface area contributed by atoms with E-state index in [-0.39, 0.29) is 36.6 Å². The molecule has 1 aliphatic rings. The van der Waals surface area contributed by atoms with Crippen molar-refractivity contribution < 1.29 is 9.59 Å². The van der Waals surface area contributed by atoms with Gasteiger partial charge < -0.3 is 9.88 Å². The predicted molar refractivity (Wildman–Crippen MR) is 138 cm³/mol. The van der Waals surface area contributed by atoms with E-state index in [1.807, 2.05) is 56.3 Å². The lowest BCUT2D eigenvalue weighted by molar-refractivity contribution is -0.134. The van der Waals surface area contributed by atoms with Gasteiger partial charge in [-0.3, -0.25) is 14.5 Å². The van der Waals surface area contributed by atoms with Crippen LogP contribution in [-0.2, 0) is 10.2 Å². The number of imide groups is 1. The van der Waals surface area contributed by atoms with Crippen LogP contribution >= 0.6 is 24.8 Å². The van der Waals surface area contributed by atoms with Gasteiger partial charge in [0.2, 0.25) is 5.91 Å². The number of hydrogen-bond donors (Lipinski definition) is 1. The van der Waals surface area contributed by atoms with Crippen molar-refractivity contribution >= 4 is 47.7 Å². The van der Waals surface area contributed by atoms with Crippen molar-refractivity contribution in [2.24, 2.45) is 0 Å². The summed E-state index contributed by atoms with van der Waals surface area (Å²) >= 11 is 0. The maximum absolute atomic E-state index is 13.5. The lowest BCUT2D eigenvalue weighted by Gasteiger charge is -2.37. The van der Waals surface area contributed by atoms with Gasteiger partial charge in [-0.15, -0.1) is 24.8 Å². The average molecular weight is 491 g/mol. The van der Waals surface area contributed by atoms with Crippen LogP contribution < -0.4 is 0 Å². The average Bonchev–Trinajstić information content (AvgIpc) is 3.22. The summed E-state index contributed by atoms with van der Waals surface area (Å²) in [4.78, 5) is 38.6. The molecule has 1 aromatic heterocycles. The van der Waals surface area contributed by atoms with Gasteiger partial charge in [-0.1, -0.05) is 50.2 Å². The van der Waals surface area contributed by atoms with Gasteiger partial charge in [0.25, 0.3) is 5.91 Å². The van der Waals surface area contributed by atoms with Gasteiger partial charge >= 0.3 is 0 Å². The van der Waals surface area contributed by atoms with E-state index in [9.17, 15) is 9.59 Å². The number of carbonyl (C=O) groups excluding carboxylic acids is 2. The van der Waals surface area contributed by atoms with Crippen molar-refractivity contribution in [1.29, 1.82) is 0 Å². The number of benzene rings is 2. The van der Waals surface area contributed by atoms with Crippen molar-refractivity contribution in [3.05, 3.63) is 53.6 Å². The molecule has 2 aromatic carbocycles. The van der Waals surface area contributed by atoms with Crippen LogP contribution in [-0.4, -0.2) is 57.8 Å². The standard InChI is InChI=1S/C25H30N4O2.2ClH/c1-5-28(6-2)15-10-16-29-23(30)20-18(25(3,4)24(29)31)13-14-19-21(20)27-22(26-19)17-11-8-7-9-12-17;;/h7-9,11-14H,5-6,10,15-16H2,1-4H3,(H,26,27);2*1H. The number of hydrogen-bond acceptors (Lipinski definition) is 4. The van der Waals surface area contributed by atoms with E-state index in [1.54, 1.807) is 0 Å². The Morgan fingerprint density at radius 3 is 2.30 bits per heavy atom. The third-order valence-corrected chi connectivity index (χ3v) is 6.36. The minimum absolute atomic E-state index is 0. The monoisotopic (exact) mass is 490 g/mol. The fourth-order valence-electron chi connectivity index (χ4n) is 4.42. The zero-order chi connectivity index (χ0) is 22.2. The summed E-state index contributed by atoms with van der Waals surface area (Å²) in [6.45, 7) is 11.2. The van der Waals surface area contributed by atoms with Crippen LogP contribution in [0.1, 0.15) is 50.0 Å². The molecule has 6 nitrogen and oxygen atoms in total. The second-order valence-corrected chi connectivity index (χ2v) is 8.60. The van der Waals surface area contributed by atoms with Crippen LogP contribution in [0, 0.1) is 0 Å². The van der Waals surface area contributed by atoms with Crippen molar-refractivity contribution in [2.45, 2.75) is 39.5 Å². The predicted octanol–water partition coefficient (Wildman–Crippen LogP) is 5.07. The van der Waals surface area contributed by atoms with Gasteiger partial charge in [-0.25, -0.2) is 4.98 Å². The summed E-state index contributed by atoms with van der Waals surface area (Å²) in [5, 5.41) is 0. The summed E-state index contributed by atoms with van der Waals surface area (Å²) in [5.41, 5.74) is 2.92. The molecule has 0 fully saturated rings.